The van der Waals surface area contributed by atoms with Crippen molar-refractivity contribution >= 4 is 5.97 Å². The molecule has 0 bridgehead atoms. The van der Waals surface area contributed by atoms with E-state index in [4.69, 9.17) is 5.11 Å². The zero-order valence-corrected chi connectivity index (χ0v) is 8.53. The minimum atomic E-state index is -0.758. The highest BCUT2D eigenvalue weighted by atomic mass is 16.4. The average Bonchev–Trinajstić information content (AvgIpc) is 2.02. The monoisotopic (exact) mass is 193 g/mol. The number of hydrogen-bond donors (Lipinski definition) is 1. The van der Waals surface area contributed by atoms with Gasteiger partial charge in [-0.2, -0.15) is 0 Å². The van der Waals surface area contributed by atoms with Gasteiger partial charge in [0.05, 0.1) is 6.42 Å². The Morgan fingerprint density at radius 2 is 2.21 bits per heavy atom. The van der Waals surface area contributed by atoms with Gasteiger partial charge in [0.25, 0.3) is 0 Å². The van der Waals surface area contributed by atoms with Gasteiger partial charge in [0.1, 0.15) is 0 Å². The third-order valence-corrected chi connectivity index (χ3v) is 2.02. The van der Waals surface area contributed by atoms with E-state index in [2.05, 4.69) is 4.98 Å². The Labute approximate surface area is 83.8 Å². The van der Waals surface area contributed by atoms with Crippen LogP contribution < -0.4 is 0 Å². The number of nitrogens with zero attached hydrogens (tertiary/aromatic N) is 1. The van der Waals surface area contributed by atoms with Crippen molar-refractivity contribution in [2.24, 2.45) is 5.41 Å². The third-order valence-electron chi connectivity index (χ3n) is 2.02. The summed E-state index contributed by atoms with van der Waals surface area (Å²) in [5.74, 6) is -0.758. The Balaban J connectivity index is 2.63. The molecule has 1 heterocycles. The molecule has 1 aromatic heterocycles. The summed E-state index contributed by atoms with van der Waals surface area (Å²) in [4.78, 5) is 14.8. The number of aliphatic carboxylic acids is 1. The molecule has 0 aliphatic rings. The minimum Gasteiger partial charge on any atom is -0.481 e. The lowest BCUT2D eigenvalue weighted by molar-refractivity contribution is -0.139. The summed E-state index contributed by atoms with van der Waals surface area (Å²) in [5, 5.41) is 8.71. The predicted octanol–water partition coefficient (Wildman–Crippen LogP) is 2.12. The summed E-state index contributed by atoms with van der Waals surface area (Å²) in [7, 11) is 0. The lowest BCUT2D eigenvalue weighted by Gasteiger charge is -2.21. The molecule has 0 unspecified atom stereocenters. The van der Waals surface area contributed by atoms with Crippen LogP contribution in [-0.2, 0) is 11.2 Å². The Morgan fingerprint density at radius 3 is 2.71 bits per heavy atom. The van der Waals surface area contributed by atoms with Crippen LogP contribution >= 0.6 is 0 Å². The van der Waals surface area contributed by atoms with Crippen LogP contribution in [-0.4, -0.2) is 16.1 Å². The van der Waals surface area contributed by atoms with Crippen LogP contribution in [0.25, 0.3) is 0 Å². The third kappa shape index (κ3) is 3.56. The standard InChI is InChI=1S/C11H15NO2/c1-11(2,8-10(13)14)7-9-5-3-4-6-12-9/h3-6H,7-8H2,1-2H3,(H,13,14). The van der Waals surface area contributed by atoms with Crippen LogP contribution in [0.2, 0.25) is 0 Å². The SMILES string of the molecule is CC(C)(CC(=O)O)Cc1ccccn1. The van der Waals surface area contributed by atoms with E-state index < -0.39 is 5.97 Å². The van der Waals surface area contributed by atoms with Gasteiger partial charge < -0.3 is 5.11 Å². The first-order valence-electron chi connectivity index (χ1n) is 4.61. The van der Waals surface area contributed by atoms with Crippen molar-refractivity contribution in [1.82, 2.24) is 4.98 Å². The van der Waals surface area contributed by atoms with E-state index in [1.54, 1.807) is 6.20 Å². The molecule has 0 saturated heterocycles. The van der Waals surface area contributed by atoms with Gasteiger partial charge >= 0.3 is 5.97 Å². The number of carboxylic acids is 1. The number of aromatic nitrogens is 1. The van der Waals surface area contributed by atoms with Crippen molar-refractivity contribution in [3.8, 4) is 0 Å². The van der Waals surface area contributed by atoms with Crippen molar-refractivity contribution in [1.29, 1.82) is 0 Å². The molecule has 0 amide bonds. The molecule has 0 aliphatic carbocycles. The van der Waals surface area contributed by atoms with Crippen molar-refractivity contribution in [2.45, 2.75) is 26.7 Å². The maximum absolute atomic E-state index is 10.6. The van der Waals surface area contributed by atoms with Crippen molar-refractivity contribution < 1.29 is 9.90 Å². The molecular formula is C11H15NO2. The molecule has 3 nitrogen and oxygen atoms in total. The van der Waals surface area contributed by atoms with E-state index in [9.17, 15) is 4.79 Å². The molecule has 0 atom stereocenters. The van der Waals surface area contributed by atoms with Crippen molar-refractivity contribution in [2.75, 3.05) is 0 Å². The predicted molar refractivity (Wildman–Crippen MR) is 54.0 cm³/mol. The van der Waals surface area contributed by atoms with Crippen LogP contribution in [0, 0.1) is 5.41 Å². The smallest absolute Gasteiger partial charge is 0.303 e. The van der Waals surface area contributed by atoms with E-state index in [1.807, 2.05) is 32.0 Å². The Morgan fingerprint density at radius 1 is 1.50 bits per heavy atom. The van der Waals surface area contributed by atoms with Crippen LogP contribution in [0.5, 0.6) is 0 Å². The van der Waals surface area contributed by atoms with Gasteiger partial charge in [-0.1, -0.05) is 19.9 Å². The second kappa shape index (κ2) is 4.22. The summed E-state index contributed by atoms with van der Waals surface area (Å²) in [6.45, 7) is 3.88. The first-order valence-corrected chi connectivity index (χ1v) is 4.61. The van der Waals surface area contributed by atoms with E-state index in [0.717, 1.165) is 5.69 Å². The van der Waals surface area contributed by atoms with Crippen LogP contribution in [0.3, 0.4) is 0 Å². The molecule has 76 valence electrons. The molecule has 0 aromatic carbocycles. The number of hydrogen-bond acceptors (Lipinski definition) is 2. The van der Waals surface area contributed by atoms with Gasteiger partial charge in [-0.25, -0.2) is 0 Å². The average molecular weight is 193 g/mol. The zero-order chi connectivity index (χ0) is 10.6. The first kappa shape index (κ1) is 10.7. The molecular weight excluding hydrogens is 178 g/mol. The second-order valence-electron chi connectivity index (χ2n) is 4.23. The highest BCUT2D eigenvalue weighted by Gasteiger charge is 2.22. The fourth-order valence-electron chi connectivity index (χ4n) is 1.46. The summed E-state index contributed by atoms with van der Waals surface area (Å²) < 4.78 is 0. The summed E-state index contributed by atoms with van der Waals surface area (Å²) >= 11 is 0. The lowest BCUT2D eigenvalue weighted by Crippen LogP contribution is -2.20. The lowest BCUT2D eigenvalue weighted by atomic mass is 9.84. The maximum Gasteiger partial charge on any atom is 0.303 e. The molecule has 1 aromatic rings. The molecule has 0 aliphatic heterocycles. The van der Waals surface area contributed by atoms with E-state index in [0.29, 0.717) is 6.42 Å². The normalized spacial score (nSPS) is 11.3. The second-order valence-corrected chi connectivity index (χ2v) is 4.23. The van der Waals surface area contributed by atoms with Crippen molar-refractivity contribution in [3.05, 3.63) is 30.1 Å². The number of carbonyl (C=O) groups is 1. The fourth-order valence-corrected chi connectivity index (χ4v) is 1.46. The Kier molecular flexibility index (Phi) is 3.23. The maximum atomic E-state index is 10.6. The molecule has 0 radical (unpaired) electrons. The number of pyridine rings is 1. The minimum absolute atomic E-state index is 0.170. The van der Waals surface area contributed by atoms with Crippen LogP contribution in [0.4, 0.5) is 0 Å². The topological polar surface area (TPSA) is 50.2 Å². The van der Waals surface area contributed by atoms with E-state index in [1.165, 1.54) is 0 Å². The molecule has 1 N–H and O–H groups in total. The zero-order valence-electron chi connectivity index (χ0n) is 8.53. The Bertz CT molecular complexity index is 306. The summed E-state index contributed by atoms with van der Waals surface area (Å²) in [5.41, 5.74) is 0.707. The van der Waals surface area contributed by atoms with Gasteiger partial charge in [-0.15, -0.1) is 0 Å². The summed E-state index contributed by atoms with van der Waals surface area (Å²) in [6, 6.07) is 5.69. The molecule has 14 heavy (non-hydrogen) atoms. The fraction of sp³-hybridized carbons (Fsp3) is 0.455. The highest BCUT2D eigenvalue weighted by Crippen LogP contribution is 2.24. The van der Waals surface area contributed by atoms with Crippen LogP contribution in [0.15, 0.2) is 24.4 Å². The van der Waals surface area contributed by atoms with Gasteiger partial charge in [-0.05, 0) is 24.0 Å². The Hall–Kier alpha value is -1.38. The van der Waals surface area contributed by atoms with Gasteiger partial charge in [0, 0.05) is 11.9 Å². The quantitative estimate of drug-likeness (QED) is 0.796. The molecule has 0 fully saturated rings. The largest absolute Gasteiger partial charge is 0.481 e. The molecule has 0 saturated carbocycles. The van der Waals surface area contributed by atoms with Crippen LogP contribution in [0.1, 0.15) is 26.0 Å². The van der Waals surface area contributed by atoms with E-state index in [-0.39, 0.29) is 11.8 Å². The number of carboxylic acid groups (broad SMARTS) is 1. The van der Waals surface area contributed by atoms with Gasteiger partial charge in [0.2, 0.25) is 0 Å². The van der Waals surface area contributed by atoms with Crippen molar-refractivity contribution in [3.63, 3.8) is 0 Å². The molecule has 3 heteroatoms. The highest BCUT2D eigenvalue weighted by molar-refractivity contribution is 5.67. The molecule has 1 rings (SSSR count). The summed E-state index contributed by atoms with van der Waals surface area (Å²) in [6.07, 6.45) is 2.59. The van der Waals surface area contributed by atoms with Gasteiger partial charge in [-0.3, -0.25) is 9.78 Å². The molecule has 0 spiro atoms. The van der Waals surface area contributed by atoms with Gasteiger partial charge in [0.15, 0.2) is 0 Å². The first-order chi connectivity index (χ1) is 6.49. The number of rotatable bonds is 4. The van der Waals surface area contributed by atoms with E-state index >= 15 is 0 Å².